The van der Waals surface area contributed by atoms with E-state index in [1.165, 1.54) is 0 Å². The van der Waals surface area contributed by atoms with Crippen LogP contribution in [0.2, 0.25) is 0 Å². The maximum absolute atomic E-state index is 11.6. The van der Waals surface area contributed by atoms with Crippen LogP contribution in [0.3, 0.4) is 0 Å². The Balaban J connectivity index is 0.000000642. The fourth-order valence-electron chi connectivity index (χ4n) is 2.15. The molecule has 0 aromatic rings. The second-order valence-corrected chi connectivity index (χ2v) is 8.51. The minimum Gasteiger partial charge on any atom is -0.376 e. The van der Waals surface area contributed by atoms with Gasteiger partial charge < -0.3 is 10.1 Å². The highest BCUT2D eigenvalue weighted by Crippen LogP contribution is 2.18. The number of imide groups is 1. The van der Waals surface area contributed by atoms with E-state index in [1.807, 2.05) is 0 Å². The van der Waals surface area contributed by atoms with E-state index >= 15 is 0 Å². The van der Waals surface area contributed by atoms with Crippen molar-refractivity contribution in [1.29, 1.82) is 0 Å². The standard InChI is InChI=1S/C15H31NO2.C5H7NO2/c1-12(2)8-10-18-15(5,6)9-7-14(17)16-11-13(3)4;1-3-2-4(7)6-5(3)8/h12-13H,7-11H2,1-6H3,(H,16,17);3H,2H2,1H3,(H,6,7,8). The Kier molecular flexibility index (Phi) is 11.4. The molecular formula is C20H38N2O4. The molecule has 0 bridgehead atoms. The highest BCUT2D eigenvalue weighted by molar-refractivity contribution is 6.03. The summed E-state index contributed by atoms with van der Waals surface area (Å²) in [4.78, 5) is 32.4. The molecule has 0 radical (unpaired) electrons. The van der Waals surface area contributed by atoms with Crippen LogP contribution in [0.5, 0.6) is 0 Å². The molecule has 3 amide bonds. The van der Waals surface area contributed by atoms with Gasteiger partial charge in [0.2, 0.25) is 17.7 Å². The van der Waals surface area contributed by atoms with Crippen LogP contribution in [0, 0.1) is 17.8 Å². The Morgan fingerprint density at radius 2 is 1.85 bits per heavy atom. The van der Waals surface area contributed by atoms with Gasteiger partial charge >= 0.3 is 0 Å². The number of rotatable bonds is 9. The highest BCUT2D eigenvalue weighted by Gasteiger charge is 2.25. The molecule has 152 valence electrons. The normalized spacial score (nSPS) is 17.2. The van der Waals surface area contributed by atoms with Crippen molar-refractivity contribution in [2.75, 3.05) is 13.2 Å². The summed E-state index contributed by atoms with van der Waals surface area (Å²) in [5.74, 6) is 0.892. The van der Waals surface area contributed by atoms with Crippen LogP contribution < -0.4 is 10.6 Å². The van der Waals surface area contributed by atoms with Gasteiger partial charge in [-0.1, -0.05) is 34.6 Å². The summed E-state index contributed by atoms with van der Waals surface area (Å²) in [6, 6.07) is 0. The first kappa shape index (κ1) is 24.6. The number of nitrogens with one attached hydrogen (secondary N) is 2. The van der Waals surface area contributed by atoms with Crippen molar-refractivity contribution in [3.8, 4) is 0 Å². The van der Waals surface area contributed by atoms with Crippen LogP contribution in [-0.2, 0) is 19.1 Å². The summed E-state index contributed by atoms with van der Waals surface area (Å²) in [5, 5.41) is 5.12. The average Bonchev–Trinajstić information content (AvgIpc) is 2.79. The molecule has 1 rings (SSSR count). The Morgan fingerprint density at radius 3 is 2.23 bits per heavy atom. The first-order chi connectivity index (χ1) is 11.9. The lowest BCUT2D eigenvalue weighted by Crippen LogP contribution is -2.31. The van der Waals surface area contributed by atoms with Crippen molar-refractivity contribution in [2.45, 2.75) is 79.8 Å². The highest BCUT2D eigenvalue weighted by atomic mass is 16.5. The maximum atomic E-state index is 11.6. The molecule has 0 spiro atoms. The largest absolute Gasteiger partial charge is 0.376 e. The second kappa shape index (κ2) is 12.0. The lowest BCUT2D eigenvalue weighted by atomic mass is 10.0. The van der Waals surface area contributed by atoms with E-state index in [4.69, 9.17) is 4.74 Å². The van der Waals surface area contributed by atoms with Crippen molar-refractivity contribution >= 4 is 17.7 Å². The zero-order valence-corrected chi connectivity index (χ0v) is 17.6. The predicted molar refractivity (Wildman–Crippen MR) is 103 cm³/mol. The van der Waals surface area contributed by atoms with E-state index in [9.17, 15) is 14.4 Å². The van der Waals surface area contributed by atoms with E-state index in [1.54, 1.807) is 6.92 Å². The third-order valence-electron chi connectivity index (χ3n) is 4.05. The molecule has 1 saturated heterocycles. The first-order valence-electron chi connectivity index (χ1n) is 9.67. The number of hydrogen-bond donors (Lipinski definition) is 2. The van der Waals surface area contributed by atoms with Gasteiger partial charge in [-0.05, 0) is 38.5 Å². The maximum Gasteiger partial charge on any atom is 0.229 e. The smallest absolute Gasteiger partial charge is 0.229 e. The topological polar surface area (TPSA) is 84.5 Å². The van der Waals surface area contributed by atoms with E-state index in [-0.39, 0.29) is 29.2 Å². The molecule has 0 aromatic heterocycles. The van der Waals surface area contributed by atoms with E-state index in [0.717, 1.165) is 26.0 Å². The number of carbonyl (C=O) groups excluding carboxylic acids is 3. The number of hydrogen-bond acceptors (Lipinski definition) is 4. The zero-order chi connectivity index (χ0) is 20.3. The lowest BCUT2D eigenvalue weighted by molar-refractivity contribution is -0.126. The predicted octanol–water partition coefficient (Wildman–Crippen LogP) is 3.05. The quantitative estimate of drug-likeness (QED) is 0.611. The molecule has 1 aliphatic heterocycles. The van der Waals surface area contributed by atoms with Crippen molar-refractivity contribution < 1.29 is 19.1 Å². The molecule has 6 nitrogen and oxygen atoms in total. The molecule has 1 fully saturated rings. The first-order valence-corrected chi connectivity index (χ1v) is 9.67. The molecule has 1 atom stereocenters. The van der Waals surface area contributed by atoms with Gasteiger partial charge in [0.05, 0.1) is 5.60 Å². The van der Waals surface area contributed by atoms with E-state index < -0.39 is 0 Å². The fourth-order valence-corrected chi connectivity index (χ4v) is 2.15. The Labute approximate surface area is 158 Å². The van der Waals surface area contributed by atoms with Crippen LogP contribution in [0.4, 0.5) is 0 Å². The molecule has 26 heavy (non-hydrogen) atoms. The summed E-state index contributed by atoms with van der Waals surface area (Å²) in [5.41, 5.74) is -0.204. The third kappa shape index (κ3) is 12.9. The Bertz CT molecular complexity index is 459. The molecule has 6 heteroatoms. The van der Waals surface area contributed by atoms with Crippen molar-refractivity contribution in [3.63, 3.8) is 0 Å². The van der Waals surface area contributed by atoms with Crippen LogP contribution >= 0.6 is 0 Å². The molecule has 0 aliphatic carbocycles. The van der Waals surface area contributed by atoms with Crippen molar-refractivity contribution in [3.05, 3.63) is 0 Å². The Hall–Kier alpha value is -1.43. The summed E-state index contributed by atoms with van der Waals surface area (Å²) in [7, 11) is 0. The molecule has 2 N–H and O–H groups in total. The minimum atomic E-state index is -0.204. The molecule has 1 heterocycles. The van der Waals surface area contributed by atoms with Gasteiger partial charge in [-0.25, -0.2) is 0 Å². The second-order valence-electron chi connectivity index (χ2n) is 8.51. The number of ether oxygens (including phenoxy) is 1. The van der Waals surface area contributed by atoms with Gasteiger partial charge in [-0.2, -0.15) is 0 Å². The summed E-state index contributed by atoms with van der Waals surface area (Å²) < 4.78 is 5.84. The van der Waals surface area contributed by atoms with Crippen LogP contribution in [-0.4, -0.2) is 36.5 Å². The molecule has 1 unspecified atom stereocenters. The number of amides is 3. The van der Waals surface area contributed by atoms with Gasteiger partial charge in [-0.15, -0.1) is 0 Å². The Morgan fingerprint density at radius 1 is 1.23 bits per heavy atom. The SMILES string of the molecule is CC(C)CCOC(C)(C)CCC(=O)NCC(C)C.CC1CC(=O)NC1=O. The summed E-state index contributed by atoms with van der Waals surface area (Å²) in [6.07, 6.45) is 2.75. The van der Waals surface area contributed by atoms with E-state index in [0.29, 0.717) is 24.7 Å². The number of carbonyl (C=O) groups is 3. The van der Waals surface area contributed by atoms with Gasteiger partial charge in [0.15, 0.2) is 0 Å². The van der Waals surface area contributed by atoms with Gasteiger partial charge in [0, 0.05) is 31.9 Å². The summed E-state index contributed by atoms with van der Waals surface area (Å²) >= 11 is 0. The lowest BCUT2D eigenvalue weighted by Gasteiger charge is -2.25. The van der Waals surface area contributed by atoms with Gasteiger partial charge in [0.1, 0.15) is 0 Å². The van der Waals surface area contributed by atoms with Crippen LogP contribution in [0.1, 0.15) is 74.1 Å². The molecule has 0 aromatic carbocycles. The van der Waals surface area contributed by atoms with Gasteiger partial charge in [-0.3, -0.25) is 19.7 Å². The van der Waals surface area contributed by atoms with E-state index in [2.05, 4.69) is 52.2 Å². The monoisotopic (exact) mass is 370 g/mol. The molecular weight excluding hydrogens is 332 g/mol. The van der Waals surface area contributed by atoms with Gasteiger partial charge in [0.25, 0.3) is 0 Å². The van der Waals surface area contributed by atoms with Crippen LogP contribution in [0.25, 0.3) is 0 Å². The molecule has 0 saturated carbocycles. The van der Waals surface area contributed by atoms with Crippen molar-refractivity contribution in [2.24, 2.45) is 17.8 Å². The third-order valence-corrected chi connectivity index (χ3v) is 4.05. The zero-order valence-electron chi connectivity index (χ0n) is 17.6. The summed E-state index contributed by atoms with van der Waals surface area (Å²) in [6.45, 7) is 16.0. The fraction of sp³-hybridized carbons (Fsp3) is 0.850. The van der Waals surface area contributed by atoms with Crippen LogP contribution in [0.15, 0.2) is 0 Å². The molecule has 1 aliphatic rings. The average molecular weight is 371 g/mol. The minimum absolute atomic E-state index is 0.109. The van der Waals surface area contributed by atoms with Crippen molar-refractivity contribution in [1.82, 2.24) is 10.6 Å².